The summed E-state index contributed by atoms with van der Waals surface area (Å²) in [6, 6.07) is 3.89. The lowest BCUT2D eigenvalue weighted by atomic mass is 10.1. The van der Waals surface area contributed by atoms with Crippen LogP contribution >= 0.6 is 0 Å². The monoisotopic (exact) mass is 164 g/mol. The van der Waals surface area contributed by atoms with Gasteiger partial charge in [0, 0.05) is 5.69 Å². The maximum Gasteiger partial charge on any atom is 0.123 e. The second-order valence-electron chi connectivity index (χ2n) is 3.10. The van der Waals surface area contributed by atoms with Crippen molar-refractivity contribution in [2.24, 2.45) is 0 Å². The second-order valence-corrected chi connectivity index (χ2v) is 3.10. The molecule has 2 nitrogen and oxygen atoms in total. The highest BCUT2D eigenvalue weighted by Crippen LogP contribution is 2.10. The molecule has 0 saturated carbocycles. The lowest BCUT2D eigenvalue weighted by Crippen LogP contribution is -1.98. The first-order valence-electron chi connectivity index (χ1n) is 4.46. The molecule has 0 amide bonds. The van der Waals surface area contributed by atoms with Gasteiger partial charge in [-0.15, -0.1) is 0 Å². The largest absolute Gasteiger partial charge is 0.384 e. The number of nitrogens with two attached hydrogens (primary N) is 1. The maximum absolute atomic E-state index is 5.59. The SMILES string of the molecule is CCCCc1nc(N)ccc1C. The molecule has 2 N–H and O–H groups in total. The quantitative estimate of drug-likeness (QED) is 0.744. The average Bonchev–Trinajstić information content (AvgIpc) is 2.07. The second kappa shape index (κ2) is 4.10. The van der Waals surface area contributed by atoms with E-state index in [2.05, 4.69) is 18.8 Å². The van der Waals surface area contributed by atoms with Gasteiger partial charge in [-0.25, -0.2) is 4.98 Å². The third kappa shape index (κ3) is 2.22. The molecule has 0 spiro atoms. The number of aromatic nitrogens is 1. The number of hydrogen-bond acceptors (Lipinski definition) is 2. The molecule has 1 heterocycles. The van der Waals surface area contributed by atoms with Gasteiger partial charge in [-0.3, -0.25) is 0 Å². The van der Waals surface area contributed by atoms with Crippen molar-refractivity contribution in [3.05, 3.63) is 23.4 Å². The molecular formula is C10H16N2. The number of pyridine rings is 1. The minimum atomic E-state index is 0.631. The normalized spacial score (nSPS) is 10.2. The molecule has 0 aromatic carbocycles. The number of anilines is 1. The lowest BCUT2D eigenvalue weighted by molar-refractivity contribution is 0.773. The molecule has 12 heavy (non-hydrogen) atoms. The molecule has 1 rings (SSSR count). The zero-order valence-electron chi connectivity index (χ0n) is 7.80. The van der Waals surface area contributed by atoms with E-state index in [0.717, 1.165) is 12.1 Å². The number of nitrogen functional groups attached to an aromatic ring is 1. The average molecular weight is 164 g/mol. The van der Waals surface area contributed by atoms with Crippen molar-refractivity contribution in [1.29, 1.82) is 0 Å². The van der Waals surface area contributed by atoms with Crippen LogP contribution in [0.3, 0.4) is 0 Å². The van der Waals surface area contributed by atoms with E-state index in [1.165, 1.54) is 18.4 Å². The lowest BCUT2D eigenvalue weighted by Gasteiger charge is -2.04. The van der Waals surface area contributed by atoms with Crippen LogP contribution < -0.4 is 5.73 Å². The zero-order valence-corrected chi connectivity index (χ0v) is 7.80. The van der Waals surface area contributed by atoms with Crippen molar-refractivity contribution in [2.75, 3.05) is 5.73 Å². The predicted molar refractivity (Wildman–Crippen MR) is 52.0 cm³/mol. The summed E-state index contributed by atoms with van der Waals surface area (Å²) in [5.41, 5.74) is 7.99. The van der Waals surface area contributed by atoms with Crippen LogP contribution in [-0.4, -0.2) is 4.98 Å². The smallest absolute Gasteiger partial charge is 0.123 e. The molecule has 0 saturated heterocycles. The predicted octanol–water partition coefficient (Wildman–Crippen LogP) is 2.31. The van der Waals surface area contributed by atoms with Gasteiger partial charge < -0.3 is 5.73 Å². The van der Waals surface area contributed by atoms with Gasteiger partial charge in [-0.05, 0) is 31.4 Å². The van der Waals surface area contributed by atoms with Gasteiger partial charge in [0.2, 0.25) is 0 Å². The van der Waals surface area contributed by atoms with Crippen LogP contribution in [0.2, 0.25) is 0 Å². The van der Waals surface area contributed by atoms with Crippen molar-refractivity contribution in [1.82, 2.24) is 4.98 Å². The molecule has 0 fully saturated rings. The first kappa shape index (κ1) is 9.04. The fraction of sp³-hybridized carbons (Fsp3) is 0.500. The van der Waals surface area contributed by atoms with Crippen LogP contribution in [0.5, 0.6) is 0 Å². The van der Waals surface area contributed by atoms with E-state index in [-0.39, 0.29) is 0 Å². The Hall–Kier alpha value is -1.05. The van der Waals surface area contributed by atoms with Gasteiger partial charge in [0.15, 0.2) is 0 Å². The Morgan fingerprint density at radius 3 is 2.83 bits per heavy atom. The molecule has 0 aliphatic heterocycles. The van der Waals surface area contributed by atoms with Crippen LogP contribution in [0.4, 0.5) is 5.82 Å². The molecule has 1 aromatic rings. The summed E-state index contributed by atoms with van der Waals surface area (Å²) in [7, 11) is 0. The molecule has 1 aromatic heterocycles. The van der Waals surface area contributed by atoms with Crippen molar-refractivity contribution in [3.8, 4) is 0 Å². The fourth-order valence-electron chi connectivity index (χ4n) is 1.19. The molecule has 0 radical (unpaired) electrons. The van der Waals surface area contributed by atoms with Gasteiger partial charge in [0.05, 0.1) is 0 Å². The van der Waals surface area contributed by atoms with Crippen LogP contribution in [0.15, 0.2) is 12.1 Å². The summed E-state index contributed by atoms with van der Waals surface area (Å²) in [6.45, 7) is 4.26. The molecular weight excluding hydrogens is 148 g/mol. The van der Waals surface area contributed by atoms with E-state index in [4.69, 9.17) is 5.73 Å². The number of nitrogens with zero attached hydrogens (tertiary/aromatic N) is 1. The number of unbranched alkanes of at least 4 members (excludes halogenated alkanes) is 1. The molecule has 0 atom stereocenters. The van der Waals surface area contributed by atoms with Crippen LogP contribution in [-0.2, 0) is 6.42 Å². The molecule has 66 valence electrons. The van der Waals surface area contributed by atoms with E-state index in [1.807, 2.05) is 12.1 Å². The molecule has 2 heteroatoms. The summed E-state index contributed by atoms with van der Waals surface area (Å²) >= 11 is 0. The van der Waals surface area contributed by atoms with Crippen LogP contribution in [0.25, 0.3) is 0 Å². The van der Waals surface area contributed by atoms with Crippen LogP contribution in [0.1, 0.15) is 31.0 Å². The standard InChI is InChI=1S/C10H16N2/c1-3-4-5-9-8(2)6-7-10(11)12-9/h6-7H,3-5H2,1-2H3,(H2,11,12). The summed E-state index contributed by atoms with van der Waals surface area (Å²) in [4.78, 5) is 4.29. The molecule has 0 bridgehead atoms. The highest BCUT2D eigenvalue weighted by atomic mass is 14.8. The van der Waals surface area contributed by atoms with Gasteiger partial charge in [-0.2, -0.15) is 0 Å². The van der Waals surface area contributed by atoms with Crippen LogP contribution in [0, 0.1) is 6.92 Å². The first-order valence-corrected chi connectivity index (χ1v) is 4.46. The topological polar surface area (TPSA) is 38.9 Å². The third-order valence-corrected chi connectivity index (χ3v) is 1.99. The Labute approximate surface area is 73.8 Å². The summed E-state index contributed by atoms with van der Waals surface area (Å²) in [6.07, 6.45) is 3.45. The van der Waals surface area contributed by atoms with Crippen molar-refractivity contribution >= 4 is 5.82 Å². The summed E-state index contributed by atoms with van der Waals surface area (Å²) in [5, 5.41) is 0. The third-order valence-electron chi connectivity index (χ3n) is 1.99. The number of hydrogen-bond donors (Lipinski definition) is 1. The Morgan fingerprint density at radius 1 is 1.42 bits per heavy atom. The minimum absolute atomic E-state index is 0.631. The van der Waals surface area contributed by atoms with Gasteiger partial charge in [0.25, 0.3) is 0 Å². The van der Waals surface area contributed by atoms with E-state index in [9.17, 15) is 0 Å². The Balaban J connectivity index is 2.75. The highest BCUT2D eigenvalue weighted by Gasteiger charge is 1.99. The Kier molecular flexibility index (Phi) is 3.09. The number of aryl methyl sites for hydroxylation is 2. The van der Waals surface area contributed by atoms with Crippen molar-refractivity contribution in [3.63, 3.8) is 0 Å². The van der Waals surface area contributed by atoms with Crippen molar-refractivity contribution < 1.29 is 0 Å². The molecule has 0 aliphatic carbocycles. The fourth-order valence-corrected chi connectivity index (χ4v) is 1.19. The summed E-state index contributed by atoms with van der Waals surface area (Å²) in [5.74, 6) is 0.631. The molecule has 0 unspecified atom stereocenters. The Morgan fingerprint density at radius 2 is 2.17 bits per heavy atom. The summed E-state index contributed by atoms with van der Waals surface area (Å²) < 4.78 is 0. The van der Waals surface area contributed by atoms with Gasteiger partial charge >= 0.3 is 0 Å². The van der Waals surface area contributed by atoms with Gasteiger partial charge in [-0.1, -0.05) is 19.4 Å². The minimum Gasteiger partial charge on any atom is -0.384 e. The highest BCUT2D eigenvalue weighted by molar-refractivity contribution is 5.33. The van der Waals surface area contributed by atoms with E-state index in [0.29, 0.717) is 5.82 Å². The molecule has 0 aliphatic rings. The zero-order chi connectivity index (χ0) is 8.97. The first-order chi connectivity index (χ1) is 5.74. The van der Waals surface area contributed by atoms with Gasteiger partial charge in [0.1, 0.15) is 5.82 Å². The Bertz CT molecular complexity index is 256. The maximum atomic E-state index is 5.59. The van der Waals surface area contributed by atoms with Crippen molar-refractivity contribution in [2.45, 2.75) is 33.1 Å². The number of rotatable bonds is 3. The van der Waals surface area contributed by atoms with E-state index in [1.54, 1.807) is 0 Å². The van der Waals surface area contributed by atoms with E-state index < -0.39 is 0 Å². The van der Waals surface area contributed by atoms with E-state index >= 15 is 0 Å².